The summed E-state index contributed by atoms with van der Waals surface area (Å²) in [6.07, 6.45) is 6.15. The van der Waals surface area contributed by atoms with Crippen molar-refractivity contribution in [1.29, 1.82) is 0 Å². The molecule has 2 heterocycles. The highest BCUT2D eigenvalue weighted by Gasteiger charge is 2.18. The van der Waals surface area contributed by atoms with E-state index in [9.17, 15) is 5.11 Å². The third-order valence-electron chi connectivity index (χ3n) is 6.08. The lowest BCUT2D eigenvalue weighted by Crippen LogP contribution is -2.47. The topological polar surface area (TPSA) is 48.4 Å². The molecular weight excluding hydrogens is 366 g/mol. The Morgan fingerprint density at radius 2 is 1.59 bits per heavy atom. The van der Waals surface area contributed by atoms with Crippen LogP contribution in [0.5, 0.6) is 11.5 Å². The fourth-order valence-corrected chi connectivity index (χ4v) is 4.23. The number of ether oxygens (including phenoxy) is 2. The third kappa shape index (κ3) is 7.45. The van der Waals surface area contributed by atoms with E-state index in [4.69, 9.17) is 9.47 Å². The Hall–Kier alpha value is -1.34. The zero-order chi connectivity index (χ0) is 20.5. The van der Waals surface area contributed by atoms with Crippen LogP contribution in [0.1, 0.15) is 37.7 Å². The van der Waals surface area contributed by atoms with Gasteiger partial charge >= 0.3 is 0 Å². The molecule has 2 fully saturated rings. The molecule has 0 amide bonds. The normalized spacial score (nSPS) is 21.3. The summed E-state index contributed by atoms with van der Waals surface area (Å²) in [5.74, 6) is 1.46. The minimum Gasteiger partial charge on any atom is -0.493 e. The maximum Gasteiger partial charge on any atom is 0.161 e. The number of piperazine rings is 1. The van der Waals surface area contributed by atoms with Crippen LogP contribution in [0.25, 0.3) is 0 Å². The molecule has 0 aliphatic carbocycles. The second-order valence-electron chi connectivity index (χ2n) is 8.60. The molecule has 1 N–H and O–H groups in total. The van der Waals surface area contributed by atoms with E-state index in [1.165, 1.54) is 50.8 Å². The lowest BCUT2D eigenvalue weighted by molar-refractivity contribution is 0.0497. The number of likely N-dealkylation sites (N-methyl/N-ethyl adjacent to an activating group) is 1. The highest BCUT2D eigenvalue weighted by atomic mass is 16.5. The first-order valence-electron chi connectivity index (χ1n) is 11.2. The van der Waals surface area contributed by atoms with Crippen molar-refractivity contribution in [2.45, 2.75) is 44.8 Å². The van der Waals surface area contributed by atoms with Crippen molar-refractivity contribution in [2.75, 3.05) is 66.6 Å². The number of likely N-dealkylation sites (tertiary alicyclic amines) is 1. The second-order valence-corrected chi connectivity index (χ2v) is 8.60. The first-order chi connectivity index (χ1) is 14.1. The average molecular weight is 406 g/mol. The van der Waals surface area contributed by atoms with Gasteiger partial charge in [-0.2, -0.15) is 0 Å². The number of hydrogen-bond acceptors (Lipinski definition) is 6. The molecule has 1 aromatic carbocycles. The highest BCUT2D eigenvalue weighted by molar-refractivity contribution is 5.43. The summed E-state index contributed by atoms with van der Waals surface area (Å²) in [6.45, 7) is 8.35. The van der Waals surface area contributed by atoms with Crippen molar-refractivity contribution in [3.63, 3.8) is 0 Å². The Bertz CT molecular complexity index is 597. The summed E-state index contributed by atoms with van der Waals surface area (Å²) in [5, 5.41) is 10.5. The number of aliphatic hydroxyl groups excluding tert-OH is 1. The summed E-state index contributed by atoms with van der Waals surface area (Å²) < 4.78 is 11.5. The Kier molecular flexibility index (Phi) is 9.05. The van der Waals surface area contributed by atoms with Gasteiger partial charge in [0.15, 0.2) is 11.5 Å². The monoisotopic (exact) mass is 405 g/mol. The molecule has 0 saturated carbocycles. The molecule has 0 radical (unpaired) electrons. The van der Waals surface area contributed by atoms with Crippen LogP contribution in [0.3, 0.4) is 0 Å². The zero-order valence-electron chi connectivity index (χ0n) is 18.3. The van der Waals surface area contributed by atoms with Crippen molar-refractivity contribution in [3.05, 3.63) is 23.8 Å². The van der Waals surface area contributed by atoms with Crippen LogP contribution in [-0.2, 0) is 6.54 Å². The van der Waals surface area contributed by atoms with Gasteiger partial charge in [0.25, 0.3) is 0 Å². The van der Waals surface area contributed by atoms with Crippen LogP contribution in [0.15, 0.2) is 18.2 Å². The molecule has 2 saturated heterocycles. The van der Waals surface area contributed by atoms with E-state index in [2.05, 4.69) is 33.9 Å². The lowest BCUT2D eigenvalue weighted by Gasteiger charge is -2.33. The van der Waals surface area contributed by atoms with E-state index in [0.29, 0.717) is 6.54 Å². The molecule has 6 heteroatoms. The standard InChI is InChI=1S/C23H39N3O3/c1-24-12-14-26(15-13-24)18-21(27)19-29-23-16-20(8-9-22(23)28-2)17-25-10-6-4-3-5-7-11-25/h8-9,16,21,27H,3-7,10-15,17-19H2,1-2H3. The number of nitrogens with zero attached hydrogens (tertiary/aromatic N) is 3. The molecule has 1 atom stereocenters. The molecular formula is C23H39N3O3. The highest BCUT2D eigenvalue weighted by Crippen LogP contribution is 2.29. The largest absolute Gasteiger partial charge is 0.493 e. The second kappa shape index (κ2) is 11.7. The molecule has 2 aliphatic heterocycles. The van der Waals surface area contributed by atoms with Crippen LogP contribution >= 0.6 is 0 Å². The Morgan fingerprint density at radius 3 is 2.28 bits per heavy atom. The van der Waals surface area contributed by atoms with Gasteiger partial charge < -0.3 is 19.5 Å². The Labute approximate surface area is 176 Å². The van der Waals surface area contributed by atoms with E-state index < -0.39 is 6.10 Å². The number of aliphatic hydroxyl groups is 1. The minimum atomic E-state index is -0.499. The van der Waals surface area contributed by atoms with Crippen molar-refractivity contribution >= 4 is 0 Å². The maximum atomic E-state index is 10.5. The van der Waals surface area contributed by atoms with Gasteiger partial charge in [0, 0.05) is 39.3 Å². The number of methoxy groups -OCH3 is 1. The summed E-state index contributed by atoms with van der Waals surface area (Å²) in [4.78, 5) is 7.18. The summed E-state index contributed by atoms with van der Waals surface area (Å²) >= 11 is 0. The summed E-state index contributed by atoms with van der Waals surface area (Å²) in [7, 11) is 3.81. The fraction of sp³-hybridized carbons (Fsp3) is 0.739. The van der Waals surface area contributed by atoms with Gasteiger partial charge in [-0.3, -0.25) is 9.80 Å². The molecule has 0 spiro atoms. The predicted octanol–water partition coefficient (Wildman–Crippen LogP) is 2.45. The molecule has 6 nitrogen and oxygen atoms in total. The first-order valence-corrected chi connectivity index (χ1v) is 11.2. The van der Waals surface area contributed by atoms with Crippen LogP contribution < -0.4 is 9.47 Å². The van der Waals surface area contributed by atoms with Crippen LogP contribution in [-0.4, -0.2) is 92.5 Å². The van der Waals surface area contributed by atoms with Gasteiger partial charge in [-0.25, -0.2) is 0 Å². The van der Waals surface area contributed by atoms with Crippen LogP contribution in [0, 0.1) is 0 Å². The maximum absolute atomic E-state index is 10.5. The van der Waals surface area contributed by atoms with Gasteiger partial charge in [0.05, 0.1) is 7.11 Å². The number of benzene rings is 1. The molecule has 2 aliphatic rings. The fourth-order valence-electron chi connectivity index (χ4n) is 4.23. The quantitative estimate of drug-likeness (QED) is 0.717. The number of hydrogen-bond donors (Lipinski definition) is 1. The van der Waals surface area contributed by atoms with E-state index in [0.717, 1.165) is 44.2 Å². The number of β-amino-alcohol motifs (C(OH)–C–C–N with tert-alkyl or cyclic N) is 1. The molecule has 0 bridgehead atoms. The Morgan fingerprint density at radius 1 is 0.897 bits per heavy atom. The van der Waals surface area contributed by atoms with Crippen LogP contribution in [0.4, 0.5) is 0 Å². The van der Waals surface area contributed by atoms with E-state index in [1.807, 2.05) is 6.07 Å². The van der Waals surface area contributed by atoms with Gasteiger partial charge in [-0.15, -0.1) is 0 Å². The van der Waals surface area contributed by atoms with Crippen molar-refractivity contribution in [2.24, 2.45) is 0 Å². The molecule has 0 aromatic heterocycles. The van der Waals surface area contributed by atoms with Crippen LogP contribution in [0.2, 0.25) is 0 Å². The summed E-state index contributed by atoms with van der Waals surface area (Å²) in [5.41, 5.74) is 1.25. The predicted molar refractivity (Wildman–Crippen MR) is 117 cm³/mol. The lowest BCUT2D eigenvalue weighted by atomic mass is 10.1. The SMILES string of the molecule is COc1ccc(CN2CCCCCCC2)cc1OCC(O)CN1CCN(C)CC1. The molecule has 3 rings (SSSR count). The Balaban J connectivity index is 1.52. The van der Waals surface area contributed by atoms with Crippen molar-refractivity contribution in [3.8, 4) is 11.5 Å². The van der Waals surface area contributed by atoms with E-state index >= 15 is 0 Å². The van der Waals surface area contributed by atoms with Gasteiger partial charge in [-0.1, -0.05) is 25.3 Å². The van der Waals surface area contributed by atoms with Gasteiger partial charge in [0.1, 0.15) is 12.7 Å². The molecule has 164 valence electrons. The zero-order valence-corrected chi connectivity index (χ0v) is 18.3. The van der Waals surface area contributed by atoms with E-state index in [-0.39, 0.29) is 6.61 Å². The van der Waals surface area contributed by atoms with Crippen molar-refractivity contribution in [1.82, 2.24) is 14.7 Å². The van der Waals surface area contributed by atoms with E-state index in [1.54, 1.807) is 7.11 Å². The molecule has 29 heavy (non-hydrogen) atoms. The molecule has 1 unspecified atom stereocenters. The minimum absolute atomic E-state index is 0.288. The summed E-state index contributed by atoms with van der Waals surface area (Å²) in [6, 6.07) is 6.20. The third-order valence-corrected chi connectivity index (χ3v) is 6.08. The number of rotatable bonds is 8. The van der Waals surface area contributed by atoms with Gasteiger partial charge in [0.2, 0.25) is 0 Å². The average Bonchev–Trinajstić information content (AvgIpc) is 2.70. The smallest absolute Gasteiger partial charge is 0.161 e. The van der Waals surface area contributed by atoms with Gasteiger partial charge in [-0.05, 0) is 50.7 Å². The van der Waals surface area contributed by atoms with Crippen molar-refractivity contribution < 1.29 is 14.6 Å². The first kappa shape index (κ1) is 22.3. The molecule has 1 aromatic rings.